The molecule has 1 aromatic carbocycles. The minimum absolute atomic E-state index is 0.0235. The molecule has 0 aromatic heterocycles. The molecule has 0 aliphatic rings. The largest absolute Gasteiger partial charge is 0.460 e. The average Bonchev–Trinajstić information content (AvgIpc) is 2.37. The molecule has 1 aromatic rings. The molecule has 0 saturated heterocycles. The predicted molar refractivity (Wildman–Crippen MR) is 74.7 cm³/mol. The van der Waals surface area contributed by atoms with Gasteiger partial charge < -0.3 is 4.74 Å². The molecule has 0 radical (unpaired) electrons. The van der Waals surface area contributed by atoms with Gasteiger partial charge >= 0.3 is 11.8 Å². The van der Waals surface area contributed by atoms with Crippen molar-refractivity contribution in [2.45, 2.75) is 13.3 Å². The Hall–Kier alpha value is -1.53. The maximum Gasteiger partial charge on any atom is 0.382 e. The number of carbonyl (C=O) groups is 4. The molecular weight excluding hydrogens is 351 g/mol. The lowest BCUT2D eigenvalue weighted by Crippen LogP contribution is -2.27. The molecular formula is C13H10BrClO5. The number of esters is 1. The number of halogens is 2. The van der Waals surface area contributed by atoms with Gasteiger partial charge in [0, 0.05) is 10.0 Å². The van der Waals surface area contributed by atoms with Crippen LogP contribution in [0.25, 0.3) is 0 Å². The van der Waals surface area contributed by atoms with E-state index in [0.717, 1.165) is 0 Å². The van der Waals surface area contributed by atoms with Crippen LogP contribution in [-0.2, 0) is 19.1 Å². The van der Waals surface area contributed by atoms with Gasteiger partial charge in [0.2, 0.25) is 5.78 Å². The van der Waals surface area contributed by atoms with Crippen molar-refractivity contribution < 1.29 is 23.9 Å². The number of hydrogen-bond acceptors (Lipinski definition) is 5. The van der Waals surface area contributed by atoms with E-state index in [9.17, 15) is 19.2 Å². The highest BCUT2D eigenvalue weighted by atomic mass is 79.9. The lowest BCUT2D eigenvalue weighted by molar-refractivity contribution is -0.156. The number of rotatable bonds is 6. The fraction of sp³-hybridized carbons (Fsp3) is 0.231. The highest BCUT2D eigenvalue weighted by Crippen LogP contribution is 2.22. The van der Waals surface area contributed by atoms with Gasteiger partial charge in [0.05, 0.1) is 18.1 Å². The number of hydrogen-bond donors (Lipinski definition) is 0. The Balaban J connectivity index is 2.78. The molecule has 0 aliphatic heterocycles. The molecule has 0 aliphatic carbocycles. The van der Waals surface area contributed by atoms with Gasteiger partial charge in [0.15, 0.2) is 5.78 Å². The van der Waals surface area contributed by atoms with Crippen molar-refractivity contribution in [3.05, 3.63) is 33.3 Å². The summed E-state index contributed by atoms with van der Waals surface area (Å²) in [4.78, 5) is 45.7. The van der Waals surface area contributed by atoms with E-state index in [1.165, 1.54) is 19.1 Å². The Morgan fingerprint density at radius 3 is 2.45 bits per heavy atom. The second kappa shape index (κ2) is 7.31. The quantitative estimate of drug-likeness (QED) is 0.336. The molecule has 20 heavy (non-hydrogen) atoms. The molecule has 5 nitrogen and oxygen atoms in total. The van der Waals surface area contributed by atoms with Gasteiger partial charge in [-0.2, -0.15) is 0 Å². The molecule has 0 spiro atoms. The monoisotopic (exact) mass is 360 g/mol. The number of ketones is 3. The predicted octanol–water partition coefficient (Wildman–Crippen LogP) is 2.38. The van der Waals surface area contributed by atoms with Crippen LogP contribution in [0.15, 0.2) is 22.7 Å². The van der Waals surface area contributed by atoms with Crippen LogP contribution in [0, 0.1) is 0 Å². The summed E-state index contributed by atoms with van der Waals surface area (Å²) in [5.41, 5.74) is 0.111. The SMILES string of the molecule is CCOC(=O)C(=O)C(=O)CC(=O)c1ccc(Br)cc1Cl. The molecule has 0 saturated carbocycles. The van der Waals surface area contributed by atoms with Crippen LogP contribution in [-0.4, -0.2) is 29.9 Å². The normalized spacial score (nSPS) is 9.95. The van der Waals surface area contributed by atoms with Gasteiger partial charge in [-0.1, -0.05) is 27.5 Å². The van der Waals surface area contributed by atoms with Crippen LogP contribution in [0.1, 0.15) is 23.7 Å². The molecule has 106 valence electrons. The first-order valence-corrected chi connectivity index (χ1v) is 6.76. The topological polar surface area (TPSA) is 77.5 Å². The Morgan fingerprint density at radius 1 is 1.25 bits per heavy atom. The summed E-state index contributed by atoms with van der Waals surface area (Å²) >= 11 is 9.04. The van der Waals surface area contributed by atoms with Crippen molar-refractivity contribution in [1.29, 1.82) is 0 Å². The Kier molecular flexibility index (Phi) is 6.04. The van der Waals surface area contributed by atoms with E-state index < -0.39 is 29.7 Å². The summed E-state index contributed by atoms with van der Waals surface area (Å²) in [6.45, 7) is 1.48. The fourth-order valence-corrected chi connectivity index (χ4v) is 2.13. The first kappa shape index (κ1) is 16.5. The van der Waals surface area contributed by atoms with Crippen molar-refractivity contribution in [2.24, 2.45) is 0 Å². The van der Waals surface area contributed by atoms with Gasteiger partial charge in [-0.05, 0) is 25.1 Å². The number of Topliss-reactive ketones (excluding diaryl/α,β-unsaturated/α-hetero) is 3. The standard InChI is InChI=1S/C13H10BrClO5/c1-2-20-13(19)12(18)11(17)6-10(16)8-4-3-7(14)5-9(8)15/h3-5H,2,6H2,1H3. The van der Waals surface area contributed by atoms with Crippen molar-refractivity contribution in [2.75, 3.05) is 6.61 Å². The minimum Gasteiger partial charge on any atom is -0.460 e. The zero-order chi connectivity index (χ0) is 15.3. The third-order valence-corrected chi connectivity index (χ3v) is 3.07. The number of benzene rings is 1. The van der Waals surface area contributed by atoms with E-state index in [1.807, 2.05) is 0 Å². The smallest absolute Gasteiger partial charge is 0.382 e. The van der Waals surface area contributed by atoms with E-state index in [0.29, 0.717) is 4.47 Å². The molecule has 0 atom stereocenters. The second-order valence-corrected chi connectivity index (χ2v) is 5.02. The van der Waals surface area contributed by atoms with E-state index >= 15 is 0 Å². The third kappa shape index (κ3) is 4.25. The van der Waals surface area contributed by atoms with Gasteiger partial charge in [-0.15, -0.1) is 0 Å². The van der Waals surface area contributed by atoms with E-state index in [4.69, 9.17) is 11.6 Å². The lowest BCUT2D eigenvalue weighted by atomic mass is 10.0. The van der Waals surface area contributed by atoms with Crippen molar-refractivity contribution in [3.8, 4) is 0 Å². The molecule has 7 heteroatoms. The van der Waals surface area contributed by atoms with Crippen LogP contribution in [0.3, 0.4) is 0 Å². The van der Waals surface area contributed by atoms with Crippen LogP contribution >= 0.6 is 27.5 Å². The molecule has 0 unspecified atom stereocenters. The number of ether oxygens (including phenoxy) is 1. The molecule has 0 N–H and O–H groups in total. The number of carbonyl (C=O) groups excluding carboxylic acids is 4. The van der Waals surface area contributed by atoms with E-state index in [-0.39, 0.29) is 17.2 Å². The molecule has 0 amide bonds. The van der Waals surface area contributed by atoms with Crippen LogP contribution in [0.2, 0.25) is 5.02 Å². The van der Waals surface area contributed by atoms with Crippen LogP contribution in [0.4, 0.5) is 0 Å². The second-order valence-electron chi connectivity index (χ2n) is 3.70. The maximum atomic E-state index is 11.8. The highest BCUT2D eigenvalue weighted by molar-refractivity contribution is 9.10. The van der Waals surface area contributed by atoms with Gasteiger partial charge in [-0.3, -0.25) is 14.4 Å². The zero-order valence-corrected chi connectivity index (χ0v) is 12.8. The lowest BCUT2D eigenvalue weighted by Gasteiger charge is -2.03. The summed E-state index contributed by atoms with van der Waals surface area (Å²) in [6, 6.07) is 4.50. The minimum atomic E-state index is -1.34. The van der Waals surface area contributed by atoms with Crippen molar-refractivity contribution in [1.82, 2.24) is 0 Å². The van der Waals surface area contributed by atoms with Crippen LogP contribution in [0.5, 0.6) is 0 Å². The Labute approximate surface area is 128 Å². The molecule has 0 fully saturated rings. The Morgan fingerprint density at radius 2 is 1.90 bits per heavy atom. The first-order chi connectivity index (χ1) is 9.36. The van der Waals surface area contributed by atoms with Gasteiger partial charge in [0.25, 0.3) is 0 Å². The third-order valence-electron chi connectivity index (χ3n) is 2.27. The molecule has 1 rings (SSSR count). The highest BCUT2D eigenvalue weighted by Gasteiger charge is 2.27. The average molecular weight is 362 g/mol. The van der Waals surface area contributed by atoms with E-state index in [1.54, 1.807) is 6.07 Å². The zero-order valence-electron chi connectivity index (χ0n) is 10.4. The van der Waals surface area contributed by atoms with Crippen molar-refractivity contribution in [3.63, 3.8) is 0 Å². The maximum absolute atomic E-state index is 11.8. The molecule has 0 heterocycles. The summed E-state index contributed by atoms with van der Waals surface area (Å²) in [5, 5.41) is 0.153. The van der Waals surface area contributed by atoms with Crippen LogP contribution < -0.4 is 0 Å². The van der Waals surface area contributed by atoms with E-state index in [2.05, 4.69) is 20.7 Å². The summed E-state index contributed by atoms with van der Waals surface area (Å²) in [7, 11) is 0. The van der Waals surface area contributed by atoms with Gasteiger partial charge in [0.1, 0.15) is 0 Å². The van der Waals surface area contributed by atoms with Gasteiger partial charge in [-0.25, -0.2) is 4.79 Å². The fourth-order valence-electron chi connectivity index (χ4n) is 1.35. The summed E-state index contributed by atoms with van der Waals surface area (Å²) in [5.74, 6) is -4.35. The molecule has 0 bridgehead atoms. The van der Waals surface area contributed by atoms with Crippen molar-refractivity contribution >= 4 is 50.8 Å². The Bertz CT molecular complexity index is 582. The summed E-state index contributed by atoms with van der Waals surface area (Å²) < 4.78 is 5.07. The summed E-state index contributed by atoms with van der Waals surface area (Å²) in [6.07, 6.45) is -0.723. The first-order valence-electron chi connectivity index (χ1n) is 5.59.